The Morgan fingerprint density at radius 1 is 1.11 bits per heavy atom. The second kappa shape index (κ2) is 7.15. The average molecular weight is 380 g/mol. The number of halogens is 1. The summed E-state index contributed by atoms with van der Waals surface area (Å²) in [4.78, 5) is 16.7. The minimum atomic E-state index is -0.315. The maximum absolute atomic E-state index is 12.9. The highest BCUT2D eigenvalue weighted by molar-refractivity contribution is 5.94. The zero-order valence-corrected chi connectivity index (χ0v) is 15.3. The van der Waals surface area contributed by atoms with Crippen LogP contribution in [0.25, 0.3) is 5.84 Å². The molecule has 4 aromatic rings. The monoisotopic (exact) mass is 380 g/mol. The first-order valence-corrected chi connectivity index (χ1v) is 8.63. The zero-order chi connectivity index (χ0) is 19.7. The third-order valence-electron chi connectivity index (χ3n) is 4.12. The fraction of sp³-hybridized carbons (Fsp3) is 0.150. The van der Waals surface area contributed by atoms with Crippen LogP contribution in [0.4, 0.5) is 4.39 Å². The van der Waals surface area contributed by atoms with Crippen molar-refractivity contribution in [1.82, 2.24) is 19.9 Å². The Hall–Kier alpha value is -3.68. The number of carbonyl (C=O) groups excluding carboxylic acids is 1. The molecule has 28 heavy (non-hydrogen) atoms. The number of rotatable bonds is 5. The van der Waals surface area contributed by atoms with E-state index >= 15 is 0 Å². The molecule has 7 nitrogen and oxygen atoms in total. The van der Waals surface area contributed by atoms with E-state index < -0.39 is 0 Å². The van der Waals surface area contributed by atoms with Crippen molar-refractivity contribution < 1.29 is 18.3 Å². The van der Waals surface area contributed by atoms with Gasteiger partial charge in [-0.05, 0) is 48.9 Å². The lowest BCUT2D eigenvalue weighted by Crippen LogP contribution is -2.25. The number of nitrogens with zero attached hydrogens (tertiary/aromatic N) is 3. The number of fused-ring (bicyclic) bond motifs is 1. The number of carbonyl (C=O) groups is 1. The smallest absolute Gasteiger partial charge is 0.325 e. The molecule has 0 aliphatic carbocycles. The van der Waals surface area contributed by atoms with Gasteiger partial charge in [-0.1, -0.05) is 12.1 Å². The lowest BCUT2D eigenvalue weighted by atomic mass is 10.2. The van der Waals surface area contributed by atoms with Gasteiger partial charge in [0.05, 0.1) is 5.69 Å². The van der Waals surface area contributed by atoms with Gasteiger partial charge in [-0.2, -0.15) is 9.50 Å². The third-order valence-corrected chi connectivity index (χ3v) is 4.12. The van der Waals surface area contributed by atoms with Gasteiger partial charge in [-0.3, -0.25) is 4.79 Å². The normalized spacial score (nSPS) is 11.0. The molecule has 1 N–H and O–H groups in total. The fourth-order valence-corrected chi connectivity index (χ4v) is 2.79. The van der Waals surface area contributed by atoms with E-state index in [9.17, 15) is 9.18 Å². The highest BCUT2D eigenvalue weighted by atomic mass is 19.1. The van der Waals surface area contributed by atoms with Crippen LogP contribution >= 0.6 is 0 Å². The molecule has 8 heteroatoms. The number of benzene rings is 2. The van der Waals surface area contributed by atoms with E-state index in [4.69, 9.17) is 9.15 Å². The molecule has 0 fully saturated rings. The molecule has 0 aliphatic heterocycles. The molecule has 0 aliphatic rings. The molecular weight excluding hydrogens is 363 g/mol. The van der Waals surface area contributed by atoms with Gasteiger partial charge in [0.15, 0.2) is 5.69 Å². The average Bonchev–Trinajstić information content (AvgIpc) is 3.17. The van der Waals surface area contributed by atoms with Gasteiger partial charge in [0.25, 0.3) is 5.91 Å². The van der Waals surface area contributed by atoms with E-state index in [0.29, 0.717) is 41.2 Å². The summed E-state index contributed by atoms with van der Waals surface area (Å²) in [5, 5.41) is 7.01. The van der Waals surface area contributed by atoms with E-state index in [0.717, 1.165) is 5.56 Å². The number of aryl methyl sites for hydroxylation is 2. The Kier molecular flexibility index (Phi) is 4.52. The summed E-state index contributed by atoms with van der Waals surface area (Å²) in [6, 6.07) is 13.1. The first-order valence-electron chi connectivity index (χ1n) is 8.63. The van der Waals surface area contributed by atoms with Gasteiger partial charge < -0.3 is 14.5 Å². The molecule has 0 atom stereocenters. The Balaban J connectivity index is 1.41. The van der Waals surface area contributed by atoms with E-state index in [1.54, 1.807) is 38.1 Å². The van der Waals surface area contributed by atoms with E-state index in [1.807, 2.05) is 12.1 Å². The molecule has 0 bridgehead atoms. The molecule has 2 heterocycles. The van der Waals surface area contributed by atoms with Crippen LogP contribution in [-0.4, -0.2) is 20.5 Å². The van der Waals surface area contributed by atoms with Crippen LogP contribution < -0.4 is 10.1 Å². The quantitative estimate of drug-likeness (QED) is 0.570. The van der Waals surface area contributed by atoms with Crippen LogP contribution in [0, 0.1) is 19.7 Å². The van der Waals surface area contributed by atoms with Crippen LogP contribution in [0.15, 0.2) is 52.9 Å². The molecule has 0 saturated carbocycles. The van der Waals surface area contributed by atoms with E-state index in [1.165, 1.54) is 16.6 Å². The molecule has 2 aromatic heterocycles. The predicted octanol–water partition coefficient (Wildman–Crippen LogP) is 3.80. The lowest BCUT2D eigenvalue weighted by molar-refractivity contribution is 0.0943. The summed E-state index contributed by atoms with van der Waals surface area (Å²) >= 11 is 0. The summed E-state index contributed by atoms with van der Waals surface area (Å²) in [6.07, 6.45) is 0. The number of hydrogen-bond donors (Lipinski definition) is 1. The van der Waals surface area contributed by atoms with Crippen molar-refractivity contribution in [3.63, 3.8) is 0 Å². The summed E-state index contributed by atoms with van der Waals surface area (Å²) in [7, 11) is 0. The number of amides is 1. The van der Waals surface area contributed by atoms with Crippen LogP contribution in [0.1, 0.15) is 27.6 Å². The highest BCUT2D eigenvalue weighted by Gasteiger charge is 2.20. The maximum atomic E-state index is 12.9. The SMILES string of the molecule is Cc1nn2c(C(=O)NCc3ccc(Oc4ccc(F)cc4)cc3)c(C)nc2o1. The second-order valence-corrected chi connectivity index (χ2v) is 6.24. The molecule has 0 spiro atoms. The van der Waals surface area contributed by atoms with Crippen LogP contribution in [-0.2, 0) is 6.54 Å². The largest absolute Gasteiger partial charge is 0.457 e. The van der Waals surface area contributed by atoms with Gasteiger partial charge in [-0.15, -0.1) is 5.10 Å². The Labute approximate surface area is 159 Å². The second-order valence-electron chi connectivity index (χ2n) is 6.24. The number of nitrogens with one attached hydrogen (secondary N) is 1. The maximum Gasteiger partial charge on any atom is 0.325 e. The first-order chi connectivity index (χ1) is 13.5. The molecular formula is C20H17FN4O3. The van der Waals surface area contributed by atoms with Crippen LogP contribution in [0.2, 0.25) is 0 Å². The Morgan fingerprint density at radius 2 is 1.75 bits per heavy atom. The number of imidazole rings is 1. The van der Waals surface area contributed by atoms with Crippen LogP contribution in [0.5, 0.6) is 11.5 Å². The molecule has 1 amide bonds. The zero-order valence-electron chi connectivity index (χ0n) is 15.3. The van der Waals surface area contributed by atoms with Gasteiger partial charge in [0.2, 0.25) is 5.89 Å². The third kappa shape index (κ3) is 3.57. The highest BCUT2D eigenvalue weighted by Crippen LogP contribution is 2.22. The van der Waals surface area contributed by atoms with Gasteiger partial charge in [0.1, 0.15) is 17.3 Å². The number of aromatic nitrogens is 3. The van der Waals surface area contributed by atoms with Crippen molar-refractivity contribution >= 4 is 11.8 Å². The summed E-state index contributed by atoms with van der Waals surface area (Å²) in [6.45, 7) is 3.76. The summed E-state index contributed by atoms with van der Waals surface area (Å²) in [5.74, 6) is 1.30. The fourth-order valence-electron chi connectivity index (χ4n) is 2.79. The predicted molar refractivity (Wildman–Crippen MR) is 98.8 cm³/mol. The van der Waals surface area contributed by atoms with Crippen molar-refractivity contribution in [2.45, 2.75) is 20.4 Å². The van der Waals surface area contributed by atoms with Crippen molar-refractivity contribution in [2.24, 2.45) is 0 Å². The number of ether oxygens (including phenoxy) is 1. The molecule has 2 aromatic carbocycles. The molecule has 4 rings (SSSR count). The topological polar surface area (TPSA) is 81.7 Å². The summed E-state index contributed by atoms with van der Waals surface area (Å²) < 4.78 is 25.3. The van der Waals surface area contributed by atoms with E-state index in [2.05, 4.69) is 15.4 Å². The lowest BCUT2D eigenvalue weighted by Gasteiger charge is -2.08. The van der Waals surface area contributed by atoms with Crippen molar-refractivity contribution in [3.05, 3.63) is 77.2 Å². The van der Waals surface area contributed by atoms with Gasteiger partial charge in [-0.25, -0.2) is 4.39 Å². The Morgan fingerprint density at radius 3 is 2.43 bits per heavy atom. The molecule has 0 saturated heterocycles. The molecule has 142 valence electrons. The standard InChI is InChI=1S/C20H17FN4O3/c1-12-18(25-20(23-12)27-13(2)24-25)19(26)22-11-14-3-7-16(8-4-14)28-17-9-5-15(21)6-10-17/h3-10H,11H2,1-2H3,(H,22,26). The van der Waals surface area contributed by atoms with Gasteiger partial charge in [0, 0.05) is 13.5 Å². The van der Waals surface area contributed by atoms with Crippen molar-refractivity contribution in [3.8, 4) is 11.5 Å². The first kappa shape index (κ1) is 17.7. The molecule has 0 radical (unpaired) electrons. The minimum Gasteiger partial charge on any atom is -0.457 e. The van der Waals surface area contributed by atoms with Gasteiger partial charge >= 0.3 is 5.84 Å². The van der Waals surface area contributed by atoms with E-state index in [-0.39, 0.29) is 11.7 Å². The Bertz CT molecular complexity index is 1130. The van der Waals surface area contributed by atoms with Crippen LogP contribution in [0.3, 0.4) is 0 Å². The minimum absolute atomic E-state index is 0.287. The number of hydrogen-bond acceptors (Lipinski definition) is 5. The van der Waals surface area contributed by atoms with Crippen molar-refractivity contribution in [1.29, 1.82) is 0 Å². The molecule has 0 unspecified atom stereocenters. The summed E-state index contributed by atoms with van der Waals surface area (Å²) in [5.41, 5.74) is 1.80. The van der Waals surface area contributed by atoms with Crippen molar-refractivity contribution in [2.75, 3.05) is 0 Å².